The zero-order chi connectivity index (χ0) is 14.4. The first kappa shape index (κ1) is 14.5. The molecule has 1 aromatic rings. The number of carboxylic acids is 1. The van der Waals surface area contributed by atoms with Crippen LogP contribution in [0.15, 0.2) is 18.7 Å². The SMILES string of the molecule is O=C(O)C1CCN(C(=O)CNCCn2ccnc2)CC1. The van der Waals surface area contributed by atoms with Crippen LogP contribution in [0, 0.1) is 5.92 Å². The van der Waals surface area contributed by atoms with E-state index in [2.05, 4.69) is 10.3 Å². The zero-order valence-corrected chi connectivity index (χ0v) is 11.4. The number of amides is 1. The second-order valence-corrected chi connectivity index (χ2v) is 4.97. The lowest BCUT2D eigenvalue weighted by Gasteiger charge is -2.30. The highest BCUT2D eigenvalue weighted by atomic mass is 16.4. The highest BCUT2D eigenvalue weighted by Gasteiger charge is 2.26. The number of nitrogens with zero attached hydrogens (tertiary/aromatic N) is 3. The molecule has 7 heteroatoms. The molecule has 0 spiro atoms. The van der Waals surface area contributed by atoms with E-state index in [0.717, 1.165) is 6.54 Å². The lowest BCUT2D eigenvalue weighted by molar-refractivity contribution is -0.145. The van der Waals surface area contributed by atoms with E-state index in [-0.39, 0.29) is 11.8 Å². The van der Waals surface area contributed by atoms with E-state index in [1.165, 1.54) is 0 Å². The van der Waals surface area contributed by atoms with Crippen LogP contribution in [0.3, 0.4) is 0 Å². The molecule has 1 fully saturated rings. The van der Waals surface area contributed by atoms with E-state index in [4.69, 9.17) is 5.11 Å². The Morgan fingerprint density at radius 1 is 1.35 bits per heavy atom. The minimum absolute atomic E-state index is 0.0412. The fourth-order valence-corrected chi connectivity index (χ4v) is 2.31. The molecule has 1 aliphatic rings. The van der Waals surface area contributed by atoms with Crippen molar-refractivity contribution in [3.8, 4) is 0 Å². The second-order valence-electron chi connectivity index (χ2n) is 4.97. The third-order valence-corrected chi connectivity index (χ3v) is 3.58. The maximum atomic E-state index is 11.9. The maximum absolute atomic E-state index is 11.9. The Morgan fingerprint density at radius 3 is 2.70 bits per heavy atom. The Labute approximate surface area is 117 Å². The van der Waals surface area contributed by atoms with E-state index >= 15 is 0 Å². The molecule has 0 bridgehead atoms. The molecule has 1 aliphatic heterocycles. The molecule has 0 saturated carbocycles. The molecule has 0 unspecified atom stereocenters. The Balaban J connectivity index is 1.62. The van der Waals surface area contributed by atoms with Crippen molar-refractivity contribution in [1.82, 2.24) is 19.8 Å². The van der Waals surface area contributed by atoms with Crippen molar-refractivity contribution in [2.45, 2.75) is 19.4 Å². The number of hydrogen-bond acceptors (Lipinski definition) is 4. The molecular formula is C13H20N4O3. The number of rotatable bonds is 6. The molecule has 2 heterocycles. The van der Waals surface area contributed by atoms with Gasteiger partial charge < -0.3 is 19.9 Å². The average molecular weight is 280 g/mol. The molecule has 0 aromatic carbocycles. The number of piperidine rings is 1. The number of nitrogens with one attached hydrogen (secondary N) is 1. The summed E-state index contributed by atoms with van der Waals surface area (Å²) in [5.74, 6) is -1.01. The normalized spacial score (nSPS) is 16.3. The molecule has 110 valence electrons. The van der Waals surface area contributed by atoms with Crippen molar-refractivity contribution in [3.05, 3.63) is 18.7 Å². The fraction of sp³-hybridized carbons (Fsp3) is 0.615. The highest BCUT2D eigenvalue weighted by Crippen LogP contribution is 2.16. The first-order valence-corrected chi connectivity index (χ1v) is 6.84. The zero-order valence-electron chi connectivity index (χ0n) is 11.4. The van der Waals surface area contributed by atoms with Gasteiger partial charge in [-0.25, -0.2) is 4.98 Å². The predicted octanol–water partition coefficient (Wildman–Crippen LogP) is -0.204. The molecule has 0 aliphatic carbocycles. The number of carbonyl (C=O) groups excluding carboxylic acids is 1. The summed E-state index contributed by atoms with van der Waals surface area (Å²) < 4.78 is 1.94. The van der Waals surface area contributed by atoms with Gasteiger partial charge >= 0.3 is 5.97 Å². The number of likely N-dealkylation sites (tertiary alicyclic amines) is 1. The fourth-order valence-electron chi connectivity index (χ4n) is 2.31. The summed E-state index contributed by atoms with van der Waals surface area (Å²) in [5.41, 5.74) is 0. The van der Waals surface area contributed by atoms with Gasteiger partial charge in [0.1, 0.15) is 0 Å². The van der Waals surface area contributed by atoms with Crippen LogP contribution >= 0.6 is 0 Å². The van der Waals surface area contributed by atoms with Gasteiger partial charge in [0.25, 0.3) is 0 Å². The summed E-state index contributed by atoms with van der Waals surface area (Å²) in [6, 6.07) is 0. The molecule has 1 aromatic heterocycles. The first-order chi connectivity index (χ1) is 9.66. The number of carboxylic acid groups (broad SMARTS) is 1. The van der Waals surface area contributed by atoms with Crippen LogP contribution < -0.4 is 5.32 Å². The van der Waals surface area contributed by atoms with Crippen molar-refractivity contribution in [2.75, 3.05) is 26.2 Å². The van der Waals surface area contributed by atoms with Gasteiger partial charge in [-0.1, -0.05) is 0 Å². The van der Waals surface area contributed by atoms with Crippen molar-refractivity contribution in [1.29, 1.82) is 0 Å². The monoisotopic (exact) mass is 280 g/mol. The quantitative estimate of drug-likeness (QED) is 0.704. The van der Waals surface area contributed by atoms with Gasteiger partial charge in [0, 0.05) is 38.6 Å². The second kappa shape index (κ2) is 7.04. The molecule has 2 rings (SSSR count). The van der Waals surface area contributed by atoms with Crippen LogP contribution in [0.5, 0.6) is 0 Å². The lowest BCUT2D eigenvalue weighted by atomic mass is 9.97. The van der Waals surface area contributed by atoms with E-state index in [1.54, 1.807) is 17.4 Å². The lowest BCUT2D eigenvalue weighted by Crippen LogP contribution is -2.44. The molecule has 1 amide bonds. The first-order valence-electron chi connectivity index (χ1n) is 6.84. The summed E-state index contributed by atoms with van der Waals surface area (Å²) >= 11 is 0. The highest BCUT2D eigenvalue weighted by molar-refractivity contribution is 5.78. The number of imidazole rings is 1. The van der Waals surface area contributed by atoms with Gasteiger partial charge in [-0.05, 0) is 12.8 Å². The summed E-state index contributed by atoms with van der Waals surface area (Å²) in [6.07, 6.45) is 6.43. The number of hydrogen-bond donors (Lipinski definition) is 2. The molecular weight excluding hydrogens is 260 g/mol. The minimum Gasteiger partial charge on any atom is -0.481 e. The maximum Gasteiger partial charge on any atom is 0.306 e. The average Bonchev–Trinajstić information content (AvgIpc) is 2.96. The van der Waals surface area contributed by atoms with E-state index in [1.807, 2.05) is 10.8 Å². The standard InChI is InChI=1S/C13H20N4O3/c18-12(9-14-3-7-16-8-4-15-10-16)17-5-1-11(2-6-17)13(19)20/h4,8,10-11,14H,1-3,5-7,9H2,(H,19,20). The van der Waals surface area contributed by atoms with Crippen LogP contribution in [0.25, 0.3) is 0 Å². The smallest absolute Gasteiger partial charge is 0.306 e. The third-order valence-electron chi connectivity index (χ3n) is 3.58. The van der Waals surface area contributed by atoms with Crippen molar-refractivity contribution >= 4 is 11.9 Å². The van der Waals surface area contributed by atoms with Crippen LogP contribution in [-0.4, -0.2) is 57.6 Å². The number of carbonyl (C=O) groups is 2. The summed E-state index contributed by atoms with van der Waals surface area (Å²) in [7, 11) is 0. The summed E-state index contributed by atoms with van der Waals surface area (Å²) in [4.78, 5) is 28.4. The van der Waals surface area contributed by atoms with Gasteiger partial charge in [0.05, 0.1) is 18.8 Å². The largest absolute Gasteiger partial charge is 0.481 e. The summed E-state index contributed by atoms with van der Waals surface area (Å²) in [6.45, 7) is 2.85. The molecule has 20 heavy (non-hydrogen) atoms. The van der Waals surface area contributed by atoms with Gasteiger partial charge in [-0.2, -0.15) is 0 Å². The van der Waals surface area contributed by atoms with Gasteiger partial charge in [0.15, 0.2) is 0 Å². The Hall–Kier alpha value is -1.89. The van der Waals surface area contributed by atoms with Gasteiger partial charge in [-0.15, -0.1) is 0 Å². The van der Waals surface area contributed by atoms with Crippen LogP contribution in [0.4, 0.5) is 0 Å². The molecule has 7 nitrogen and oxygen atoms in total. The van der Waals surface area contributed by atoms with Crippen LogP contribution in [0.2, 0.25) is 0 Å². The minimum atomic E-state index is -0.754. The van der Waals surface area contributed by atoms with E-state index in [0.29, 0.717) is 39.0 Å². The van der Waals surface area contributed by atoms with Crippen LogP contribution in [-0.2, 0) is 16.1 Å². The van der Waals surface area contributed by atoms with Crippen molar-refractivity contribution < 1.29 is 14.7 Å². The third kappa shape index (κ3) is 4.06. The number of aromatic nitrogens is 2. The van der Waals surface area contributed by atoms with E-state index < -0.39 is 5.97 Å². The van der Waals surface area contributed by atoms with E-state index in [9.17, 15) is 9.59 Å². The van der Waals surface area contributed by atoms with Gasteiger partial charge in [0.2, 0.25) is 5.91 Å². The Kier molecular flexibility index (Phi) is 5.11. The number of aliphatic carboxylic acids is 1. The summed E-state index contributed by atoms with van der Waals surface area (Å²) in [5, 5.41) is 12.0. The van der Waals surface area contributed by atoms with Crippen molar-refractivity contribution in [3.63, 3.8) is 0 Å². The van der Waals surface area contributed by atoms with Crippen molar-refractivity contribution in [2.24, 2.45) is 5.92 Å². The Morgan fingerprint density at radius 2 is 2.10 bits per heavy atom. The molecule has 0 atom stereocenters. The van der Waals surface area contributed by atoms with Crippen LogP contribution in [0.1, 0.15) is 12.8 Å². The topological polar surface area (TPSA) is 87.5 Å². The molecule has 1 saturated heterocycles. The Bertz CT molecular complexity index is 438. The molecule has 2 N–H and O–H groups in total. The molecule has 0 radical (unpaired) electrons. The van der Waals surface area contributed by atoms with Gasteiger partial charge in [-0.3, -0.25) is 9.59 Å². The predicted molar refractivity (Wildman–Crippen MR) is 72.0 cm³/mol.